The first kappa shape index (κ1) is 15.8. The molecule has 2 nitrogen and oxygen atoms in total. The van der Waals surface area contributed by atoms with Gasteiger partial charge in [-0.05, 0) is 43.7 Å². The zero-order chi connectivity index (χ0) is 15.4. The molecule has 0 saturated carbocycles. The molecule has 5 heteroatoms. The summed E-state index contributed by atoms with van der Waals surface area (Å²) in [5, 5.41) is 3.32. The third-order valence-electron chi connectivity index (χ3n) is 3.16. The second kappa shape index (κ2) is 6.89. The zero-order valence-corrected chi connectivity index (χ0v) is 13.3. The van der Waals surface area contributed by atoms with Gasteiger partial charge in [-0.3, -0.25) is 0 Å². The van der Waals surface area contributed by atoms with Crippen LogP contribution in [0.3, 0.4) is 0 Å². The van der Waals surface area contributed by atoms with Crippen LogP contribution in [0.25, 0.3) is 0 Å². The first-order valence-electron chi connectivity index (χ1n) is 6.54. The molecule has 0 fully saturated rings. The lowest BCUT2D eigenvalue weighted by Gasteiger charge is -2.20. The summed E-state index contributed by atoms with van der Waals surface area (Å²) < 4.78 is 30.5. The van der Waals surface area contributed by atoms with Crippen molar-refractivity contribution in [2.75, 3.05) is 5.32 Å². The van der Waals surface area contributed by atoms with E-state index in [2.05, 4.69) is 26.0 Å². The molecule has 1 N–H and O–H groups in total. The van der Waals surface area contributed by atoms with Gasteiger partial charge in [-0.1, -0.05) is 34.1 Å². The van der Waals surface area contributed by atoms with Gasteiger partial charge in [-0.25, -0.2) is 0 Å². The average Bonchev–Trinajstić information content (AvgIpc) is 2.42. The van der Waals surface area contributed by atoms with Crippen LogP contribution in [0.4, 0.5) is 14.5 Å². The van der Waals surface area contributed by atoms with Crippen molar-refractivity contribution in [3.63, 3.8) is 0 Å². The lowest BCUT2D eigenvalue weighted by Crippen LogP contribution is -2.11. The molecule has 0 heterocycles. The minimum Gasteiger partial charge on any atom is -0.434 e. The summed E-state index contributed by atoms with van der Waals surface area (Å²) in [4.78, 5) is 0. The molecule has 0 bridgehead atoms. The lowest BCUT2D eigenvalue weighted by molar-refractivity contribution is -0.0505. The van der Waals surface area contributed by atoms with E-state index in [0.717, 1.165) is 15.7 Å². The van der Waals surface area contributed by atoms with Gasteiger partial charge in [-0.2, -0.15) is 8.78 Å². The normalized spacial score (nSPS) is 12.3. The third kappa shape index (κ3) is 4.17. The molecule has 0 aliphatic carbocycles. The summed E-state index contributed by atoms with van der Waals surface area (Å²) in [6.07, 6.45) is 0. The molecule has 2 aromatic carbocycles. The summed E-state index contributed by atoms with van der Waals surface area (Å²) in [6, 6.07) is 12.5. The molecular weight excluding hydrogens is 340 g/mol. The van der Waals surface area contributed by atoms with Gasteiger partial charge in [0, 0.05) is 15.7 Å². The van der Waals surface area contributed by atoms with Crippen molar-refractivity contribution in [1.29, 1.82) is 0 Å². The fourth-order valence-electron chi connectivity index (χ4n) is 2.14. The average molecular weight is 356 g/mol. The number of halogens is 3. The fraction of sp³-hybridized carbons (Fsp3) is 0.250. The standard InChI is InChI=1S/C16H16BrF2NO/c1-10-9-12(17)7-8-14(10)20-11(2)13-5-3-4-6-15(13)21-16(18)19/h3-9,11,16,20H,1-2H3. The van der Waals surface area contributed by atoms with Crippen LogP contribution >= 0.6 is 15.9 Å². The monoisotopic (exact) mass is 355 g/mol. The first-order chi connectivity index (χ1) is 9.97. The molecular formula is C16H16BrF2NO. The third-order valence-corrected chi connectivity index (χ3v) is 3.66. The van der Waals surface area contributed by atoms with Crippen molar-refractivity contribution in [2.24, 2.45) is 0 Å². The predicted molar refractivity (Wildman–Crippen MR) is 84.0 cm³/mol. The quantitative estimate of drug-likeness (QED) is 0.760. The van der Waals surface area contributed by atoms with Crippen LogP contribution in [0.1, 0.15) is 24.1 Å². The molecule has 0 aromatic heterocycles. The second-order valence-electron chi connectivity index (χ2n) is 4.74. The van der Waals surface area contributed by atoms with Crippen LogP contribution in [0, 0.1) is 6.92 Å². The summed E-state index contributed by atoms with van der Waals surface area (Å²) in [6.45, 7) is 1.07. The maximum atomic E-state index is 12.5. The molecule has 2 aromatic rings. The summed E-state index contributed by atoms with van der Waals surface area (Å²) in [7, 11) is 0. The minimum atomic E-state index is -2.83. The molecule has 21 heavy (non-hydrogen) atoms. The van der Waals surface area contributed by atoms with E-state index in [1.165, 1.54) is 0 Å². The number of rotatable bonds is 5. The Morgan fingerprint density at radius 3 is 2.52 bits per heavy atom. The number of ether oxygens (including phenoxy) is 1. The van der Waals surface area contributed by atoms with Gasteiger partial charge in [-0.15, -0.1) is 0 Å². The van der Waals surface area contributed by atoms with Crippen LogP contribution in [0.2, 0.25) is 0 Å². The molecule has 2 rings (SSSR count). The van der Waals surface area contributed by atoms with E-state index in [1.54, 1.807) is 24.3 Å². The van der Waals surface area contributed by atoms with Gasteiger partial charge < -0.3 is 10.1 Å². The van der Waals surface area contributed by atoms with Gasteiger partial charge in [0.15, 0.2) is 0 Å². The molecule has 0 aliphatic rings. The van der Waals surface area contributed by atoms with E-state index in [-0.39, 0.29) is 11.8 Å². The number of anilines is 1. The van der Waals surface area contributed by atoms with Crippen LogP contribution in [0.15, 0.2) is 46.9 Å². The van der Waals surface area contributed by atoms with Crippen LogP contribution in [-0.4, -0.2) is 6.61 Å². The van der Waals surface area contributed by atoms with Crippen LogP contribution < -0.4 is 10.1 Å². The molecule has 0 amide bonds. The fourth-order valence-corrected chi connectivity index (χ4v) is 2.62. The largest absolute Gasteiger partial charge is 0.434 e. The van der Waals surface area contributed by atoms with Crippen LogP contribution in [0.5, 0.6) is 5.75 Å². The lowest BCUT2D eigenvalue weighted by atomic mass is 10.1. The van der Waals surface area contributed by atoms with Gasteiger partial charge >= 0.3 is 6.61 Å². The zero-order valence-electron chi connectivity index (χ0n) is 11.7. The maximum Gasteiger partial charge on any atom is 0.387 e. The van der Waals surface area contributed by atoms with Crippen molar-refractivity contribution in [3.05, 3.63) is 58.1 Å². The molecule has 0 radical (unpaired) electrons. The van der Waals surface area contributed by atoms with Crippen molar-refractivity contribution in [3.8, 4) is 5.75 Å². The Morgan fingerprint density at radius 2 is 1.86 bits per heavy atom. The van der Waals surface area contributed by atoms with E-state index in [9.17, 15) is 8.78 Å². The first-order valence-corrected chi connectivity index (χ1v) is 7.33. The predicted octanol–water partition coefficient (Wildman–Crippen LogP) is 5.53. The number of aryl methyl sites for hydroxylation is 1. The topological polar surface area (TPSA) is 21.3 Å². The molecule has 1 unspecified atom stereocenters. The van der Waals surface area contributed by atoms with Gasteiger partial charge in [0.2, 0.25) is 0 Å². The number of para-hydroxylation sites is 1. The van der Waals surface area contributed by atoms with Crippen molar-refractivity contribution in [1.82, 2.24) is 0 Å². The number of benzene rings is 2. The Labute approximate surface area is 131 Å². The number of hydrogen-bond donors (Lipinski definition) is 1. The van der Waals surface area contributed by atoms with Crippen molar-refractivity contribution < 1.29 is 13.5 Å². The summed E-state index contributed by atoms with van der Waals surface area (Å²) in [5.74, 6) is 0.197. The van der Waals surface area contributed by atoms with Crippen molar-refractivity contribution in [2.45, 2.75) is 26.5 Å². The Morgan fingerprint density at radius 1 is 1.14 bits per heavy atom. The molecule has 0 spiro atoms. The van der Waals surface area contributed by atoms with E-state index in [4.69, 9.17) is 0 Å². The van der Waals surface area contributed by atoms with E-state index in [1.807, 2.05) is 32.0 Å². The van der Waals surface area contributed by atoms with Gasteiger partial charge in [0.05, 0.1) is 6.04 Å². The van der Waals surface area contributed by atoms with Gasteiger partial charge in [0.1, 0.15) is 5.75 Å². The maximum absolute atomic E-state index is 12.5. The summed E-state index contributed by atoms with van der Waals surface area (Å²) in [5.41, 5.74) is 2.72. The van der Waals surface area contributed by atoms with Crippen molar-refractivity contribution >= 4 is 21.6 Å². The highest BCUT2D eigenvalue weighted by Crippen LogP contribution is 2.30. The molecule has 0 saturated heterocycles. The Balaban J connectivity index is 2.22. The Hall–Kier alpha value is -1.62. The van der Waals surface area contributed by atoms with Gasteiger partial charge in [0.25, 0.3) is 0 Å². The smallest absolute Gasteiger partial charge is 0.387 e. The highest BCUT2D eigenvalue weighted by Gasteiger charge is 2.15. The number of alkyl halides is 2. The highest BCUT2D eigenvalue weighted by atomic mass is 79.9. The molecule has 112 valence electrons. The van der Waals surface area contributed by atoms with E-state index in [0.29, 0.717) is 5.56 Å². The number of nitrogens with one attached hydrogen (secondary N) is 1. The molecule has 0 aliphatic heterocycles. The SMILES string of the molecule is Cc1cc(Br)ccc1NC(C)c1ccccc1OC(F)F. The van der Waals surface area contributed by atoms with Crippen LogP contribution in [-0.2, 0) is 0 Å². The number of hydrogen-bond acceptors (Lipinski definition) is 2. The van der Waals surface area contributed by atoms with E-state index < -0.39 is 6.61 Å². The Kier molecular flexibility index (Phi) is 5.17. The summed E-state index contributed by atoms with van der Waals surface area (Å²) >= 11 is 3.42. The minimum absolute atomic E-state index is 0.153. The highest BCUT2D eigenvalue weighted by molar-refractivity contribution is 9.10. The molecule has 1 atom stereocenters. The Bertz CT molecular complexity index is 619. The second-order valence-corrected chi connectivity index (χ2v) is 5.66. The van der Waals surface area contributed by atoms with E-state index >= 15 is 0 Å².